The van der Waals surface area contributed by atoms with Gasteiger partial charge in [0.15, 0.2) is 0 Å². The first-order chi connectivity index (χ1) is 8.23. The first-order valence-electron chi connectivity index (χ1n) is 7.18. The summed E-state index contributed by atoms with van der Waals surface area (Å²) in [6.07, 6.45) is 7.98. The number of nitrogens with zero attached hydrogens (tertiary/aromatic N) is 1. The molecule has 0 fully saturated rings. The van der Waals surface area contributed by atoms with Crippen molar-refractivity contribution in [3.05, 3.63) is 0 Å². The Bertz CT molecular complexity index is 310. The zero-order chi connectivity index (χ0) is 14.2. The standard InChI is InChI=1S/C14H31NO2S/c1-6-8-10-14(3,4)11-9-13-15(12-7-2)18(5,16)17/h6-13H2,1-5H3. The van der Waals surface area contributed by atoms with Gasteiger partial charge in [-0.3, -0.25) is 0 Å². The van der Waals surface area contributed by atoms with E-state index in [2.05, 4.69) is 20.8 Å². The topological polar surface area (TPSA) is 37.4 Å². The van der Waals surface area contributed by atoms with Crippen LogP contribution in [0.2, 0.25) is 0 Å². The third-order valence-corrected chi connectivity index (χ3v) is 4.71. The molecule has 0 spiro atoms. The van der Waals surface area contributed by atoms with Gasteiger partial charge in [-0.15, -0.1) is 0 Å². The van der Waals surface area contributed by atoms with Crippen molar-refractivity contribution in [3.8, 4) is 0 Å². The van der Waals surface area contributed by atoms with Crippen LogP contribution in [0.1, 0.15) is 66.2 Å². The van der Waals surface area contributed by atoms with Crippen molar-refractivity contribution in [1.82, 2.24) is 4.31 Å². The van der Waals surface area contributed by atoms with E-state index in [0.717, 1.165) is 19.3 Å². The minimum Gasteiger partial charge on any atom is -0.213 e. The molecule has 4 heteroatoms. The molecule has 0 aromatic rings. The Labute approximate surface area is 114 Å². The van der Waals surface area contributed by atoms with Gasteiger partial charge in [-0.05, 0) is 31.1 Å². The van der Waals surface area contributed by atoms with E-state index in [4.69, 9.17) is 0 Å². The fraction of sp³-hybridized carbons (Fsp3) is 1.00. The molecule has 0 aliphatic carbocycles. The maximum Gasteiger partial charge on any atom is 0.211 e. The monoisotopic (exact) mass is 277 g/mol. The van der Waals surface area contributed by atoms with Gasteiger partial charge in [0.25, 0.3) is 0 Å². The van der Waals surface area contributed by atoms with Crippen molar-refractivity contribution in [3.63, 3.8) is 0 Å². The summed E-state index contributed by atoms with van der Waals surface area (Å²) < 4.78 is 24.8. The highest BCUT2D eigenvalue weighted by molar-refractivity contribution is 7.88. The SMILES string of the molecule is CCCCC(C)(C)CCCN(CCC)S(C)(=O)=O. The summed E-state index contributed by atoms with van der Waals surface area (Å²) in [4.78, 5) is 0. The van der Waals surface area contributed by atoms with Gasteiger partial charge in [0.05, 0.1) is 6.26 Å². The van der Waals surface area contributed by atoms with E-state index in [0.29, 0.717) is 18.5 Å². The Balaban J connectivity index is 4.14. The molecule has 0 unspecified atom stereocenters. The number of hydrogen-bond acceptors (Lipinski definition) is 2. The van der Waals surface area contributed by atoms with Crippen LogP contribution in [-0.4, -0.2) is 32.1 Å². The highest BCUT2D eigenvalue weighted by atomic mass is 32.2. The Morgan fingerprint density at radius 1 is 0.944 bits per heavy atom. The van der Waals surface area contributed by atoms with Crippen LogP contribution in [-0.2, 0) is 10.0 Å². The van der Waals surface area contributed by atoms with E-state index in [1.165, 1.54) is 25.5 Å². The molecular weight excluding hydrogens is 246 g/mol. The van der Waals surface area contributed by atoms with E-state index < -0.39 is 10.0 Å². The summed E-state index contributed by atoms with van der Waals surface area (Å²) in [6.45, 7) is 10.1. The third kappa shape index (κ3) is 8.09. The molecule has 0 aromatic carbocycles. The Morgan fingerprint density at radius 2 is 1.50 bits per heavy atom. The van der Waals surface area contributed by atoms with Crippen LogP contribution in [0.15, 0.2) is 0 Å². The predicted octanol–water partition coefficient (Wildman–Crippen LogP) is 3.65. The lowest BCUT2D eigenvalue weighted by Crippen LogP contribution is -2.32. The second-order valence-electron chi connectivity index (χ2n) is 6.03. The van der Waals surface area contributed by atoms with E-state index >= 15 is 0 Å². The molecule has 3 nitrogen and oxygen atoms in total. The van der Waals surface area contributed by atoms with Crippen LogP contribution in [0.25, 0.3) is 0 Å². The lowest BCUT2D eigenvalue weighted by molar-refractivity contribution is 0.274. The van der Waals surface area contributed by atoms with Gasteiger partial charge >= 0.3 is 0 Å². The first kappa shape index (κ1) is 17.9. The highest BCUT2D eigenvalue weighted by Gasteiger charge is 2.19. The van der Waals surface area contributed by atoms with Crippen molar-refractivity contribution < 1.29 is 8.42 Å². The molecule has 0 saturated heterocycles. The average Bonchev–Trinajstić information content (AvgIpc) is 2.24. The molecular formula is C14H31NO2S. The van der Waals surface area contributed by atoms with Crippen LogP contribution in [0.4, 0.5) is 0 Å². The summed E-state index contributed by atoms with van der Waals surface area (Å²) in [6, 6.07) is 0. The van der Waals surface area contributed by atoms with Crippen LogP contribution in [0, 0.1) is 5.41 Å². The summed E-state index contributed by atoms with van der Waals surface area (Å²) >= 11 is 0. The smallest absolute Gasteiger partial charge is 0.211 e. The molecule has 110 valence electrons. The molecule has 0 saturated carbocycles. The van der Waals surface area contributed by atoms with Gasteiger partial charge in [-0.2, -0.15) is 0 Å². The van der Waals surface area contributed by atoms with Gasteiger partial charge < -0.3 is 0 Å². The predicted molar refractivity (Wildman–Crippen MR) is 79.2 cm³/mol. The quantitative estimate of drug-likeness (QED) is 0.611. The lowest BCUT2D eigenvalue weighted by Gasteiger charge is -2.26. The van der Waals surface area contributed by atoms with Crippen LogP contribution in [0.5, 0.6) is 0 Å². The number of rotatable bonds is 10. The largest absolute Gasteiger partial charge is 0.213 e. The van der Waals surface area contributed by atoms with Gasteiger partial charge in [-0.1, -0.05) is 40.5 Å². The third-order valence-electron chi connectivity index (χ3n) is 3.41. The summed E-state index contributed by atoms with van der Waals surface area (Å²) in [5, 5.41) is 0. The number of sulfonamides is 1. The van der Waals surface area contributed by atoms with Crippen LogP contribution in [0.3, 0.4) is 0 Å². The zero-order valence-electron chi connectivity index (χ0n) is 12.8. The Hall–Kier alpha value is -0.0900. The zero-order valence-corrected chi connectivity index (χ0v) is 13.6. The van der Waals surface area contributed by atoms with Crippen LogP contribution >= 0.6 is 0 Å². The molecule has 0 rings (SSSR count). The fourth-order valence-corrected chi connectivity index (χ4v) is 3.18. The minimum atomic E-state index is -3.03. The molecule has 0 heterocycles. The first-order valence-corrected chi connectivity index (χ1v) is 9.03. The molecule has 0 radical (unpaired) electrons. The maximum absolute atomic E-state index is 11.6. The van der Waals surface area contributed by atoms with Gasteiger partial charge in [0.2, 0.25) is 10.0 Å². The summed E-state index contributed by atoms with van der Waals surface area (Å²) in [7, 11) is -3.03. The molecule has 0 N–H and O–H groups in total. The highest BCUT2D eigenvalue weighted by Crippen LogP contribution is 2.29. The van der Waals surface area contributed by atoms with Crippen molar-refractivity contribution in [2.24, 2.45) is 5.41 Å². The van der Waals surface area contributed by atoms with Crippen molar-refractivity contribution >= 4 is 10.0 Å². The van der Waals surface area contributed by atoms with E-state index in [-0.39, 0.29) is 0 Å². The Morgan fingerprint density at radius 3 is 1.94 bits per heavy atom. The van der Waals surface area contributed by atoms with Crippen molar-refractivity contribution in [1.29, 1.82) is 0 Å². The molecule has 0 atom stereocenters. The van der Waals surface area contributed by atoms with E-state index in [1.54, 1.807) is 4.31 Å². The van der Waals surface area contributed by atoms with Crippen molar-refractivity contribution in [2.75, 3.05) is 19.3 Å². The van der Waals surface area contributed by atoms with Crippen molar-refractivity contribution in [2.45, 2.75) is 66.2 Å². The van der Waals surface area contributed by atoms with Gasteiger partial charge in [0.1, 0.15) is 0 Å². The second-order valence-corrected chi connectivity index (χ2v) is 8.02. The summed E-state index contributed by atoms with van der Waals surface area (Å²) in [5.41, 5.74) is 0.339. The average molecular weight is 277 g/mol. The fourth-order valence-electron chi connectivity index (χ4n) is 2.21. The maximum atomic E-state index is 11.6. The molecule has 0 amide bonds. The summed E-state index contributed by atoms with van der Waals surface area (Å²) in [5.74, 6) is 0. The molecule has 0 aliphatic rings. The molecule has 0 aromatic heterocycles. The number of hydrogen-bond donors (Lipinski definition) is 0. The lowest BCUT2D eigenvalue weighted by atomic mass is 9.83. The number of unbranched alkanes of at least 4 members (excludes halogenated alkanes) is 1. The van der Waals surface area contributed by atoms with E-state index in [1.807, 2.05) is 6.92 Å². The Kier molecular flexibility index (Phi) is 8.11. The minimum absolute atomic E-state index is 0.339. The van der Waals surface area contributed by atoms with E-state index in [9.17, 15) is 8.42 Å². The molecule has 0 bridgehead atoms. The molecule has 18 heavy (non-hydrogen) atoms. The normalized spacial score (nSPS) is 13.2. The van der Waals surface area contributed by atoms with Crippen LogP contribution < -0.4 is 0 Å². The second kappa shape index (κ2) is 8.16. The molecule has 0 aliphatic heterocycles. The van der Waals surface area contributed by atoms with Gasteiger partial charge in [-0.25, -0.2) is 12.7 Å². The van der Waals surface area contributed by atoms with Gasteiger partial charge in [0, 0.05) is 13.1 Å².